The number of benzene rings is 3. The highest BCUT2D eigenvalue weighted by Crippen LogP contribution is 2.40. The SMILES string of the molecule is CCOC(=O)C(=NOCF)c1nsc(NC(c2ccccc2)(c2ccccc2)c2ccccc2)n1. The molecule has 0 spiro atoms. The number of esters is 1. The van der Waals surface area contributed by atoms with E-state index >= 15 is 0 Å². The van der Waals surface area contributed by atoms with Gasteiger partial charge in [0.2, 0.25) is 16.7 Å². The minimum absolute atomic E-state index is 0.0208. The molecule has 3 aromatic carbocycles. The number of rotatable bonds is 10. The van der Waals surface area contributed by atoms with Crippen molar-refractivity contribution in [2.24, 2.45) is 5.16 Å². The number of halogens is 1. The zero-order valence-electron chi connectivity index (χ0n) is 18.9. The molecule has 0 unspecified atom stereocenters. The predicted molar refractivity (Wildman–Crippen MR) is 133 cm³/mol. The van der Waals surface area contributed by atoms with Crippen LogP contribution in [-0.4, -0.2) is 34.5 Å². The van der Waals surface area contributed by atoms with Crippen molar-refractivity contribution >= 4 is 28.3 Å². The van der Waals surface area contributed by atoms with E-state index < -0.39 is 18.4 Å². The molecule has 0 fully saturated rings. The normalized spacial score (nSPS) is 11.7. The van der Waals surface area contributed by atoms with Crippen LogP contribution < -0.4 is 5.32 Å². The van der Waals surface area contributed by atoms with Gasteiger partial charge >= 0.3 is 5.97 Å². The highest BCUT2D eigenvalue weighted by atomic mass is 32.1. The summed E-state index contributed by atoms with van der Waals surface area (Å²) >= 11 is 1.05. The van der Waals surface area contributed by atoms with Gasteiger partial charge in [-0.05, 0) is 23.6 Å². The number of carbonyl (C=O) groups is 1. The summed E-state index contributed by atoms with van der Waals surface area (Å²) in [4.78, 5) is 21.3. The van der Waals surface area contributed by atoms with Crippen LogP contribution in [-0.2, 0) is 19.9 Å². The van der Waals surface area contributed by atoms with Crippen molar-refractivity contribution in [3.8, 4) is 0 Å². The number of hydrogen-bond acceptors (Lipinski definition) is 8. The average molecular weight is 491 g/mol. The molecular formula is C26H23FN4O3S. The van der Waals surface area contributed by atoms with E-state index in [1.165, 1.54) is 0 Å². The van der Waals surface area contributed by atoms with E-state index in [-0.39, 0.29) is 18.1 Å². The van der Waals surface area contributed by atoms with Crippen LogP contribution >= 0.6 is 11.5 Å². The first kappa shape index (κ1) is 24.0. The second-order valence-electron chi connectivity index (χ2n) is 7.29. The van der Waals surface area contributed by atoms with E-state index in [0.29, 0.717) is 5.13 Å². The Bertz CT molecular complexity index is 1170. The Morgan fingerprint density at radius 3 is 1.91 bits per heavy atom. The second-order valence-corrected chi connectivity index (χ2v) is 8.05. The van der Waals surface area contributed by atoms with Gasteiger partial charge in [-0.25, -0.2) is 9.18 Å². The van der Waals surface area contributed by atoms with Crippen molar-refractivity contribution in [2.75, 3.05) is 18.8 Å². The molecule has 4 aromatic rings. The monoisotopic (exact) mass is 490 g/mol. The molecule has 0 atom stereocenters. The predicted octanol–water partition coefficient (Wildman–Crippen LogP) is 5.15. The molecule has 0 saturated heterocycles. The number of nitrogens with zero attached hydrogens (tertiary/aromatic N) is 3. The largest absolute Gasteiger partial charge is 0.461 e. The van der Waals surface area contributed by atoms with Gasteiger partial charge in [0.1, 0.15) is 5.54 Å². The number of aromatic nitrogens is 2. The summed E-state index contributed by atoms with van der Waals surface area (Å²) < 4.78 is 21.9. The Kier molecular flexibility index (Phi) is 7.79. The number of carbonyl (C=O) groups excluding carboxylic acids is 1. The Hall–Kier alpha value is -4.11. The van der Waals surface area contributed by atoms with E-state index in [2.05, 4.69) is 24.7 Å². The zero-order chi connectivity index (χ0) is 24.5. The molecule has 0 amide bonds. The quantitative estimate of drug-likeness (QED) is 0.143. The molecule has 1 N–H and O–H groups in total. The van der Waals surface area contributed by atoms with Gasteiger partial charge in [-0.3, -0.25) is 0 Å². The molecule has 0 aliphatic heterocycles. The van der Waals surface area contributed by atoms with Crippen LogP contribution in [0.1, 0.15) is 29.4 Å². The van der Waals surface area contributed by atoms with Crippen LogP contribution in [0, 0.1) is 0 Å². The molecule has 0 radical (unpaired) electrons. The Morgan fingerprint density at radius 1 is 0.943 bits per heavy atom. The van der Waals surface area contributed by atoms with Crippen LogP contribution in [0.2, 0.25) is 0 Å². The lowest BCUT2D eigenvalue weighted by atomic mass is 9.77. The van der Waals surface area contributed by atoms with Gasteiger partial charge in [0.15, 0.2) is 0 Å². The third kappa shape index (κ3) is 5.20. The average Bonchev–Trinajstić information content (AvgIpc) is 3.37. The fraction of sp³-hybridized carbons (Fsp3) is 0.154. The van der Waals surface area contributed by atoms with Crippen molar-refractivity contribution in [1.29, 1.82) is 0 Å². The van der Waals surface area contributed by atoms with E-state index in [4.69, 9.17) is 4.74 Å². The highest BCUT2D eigenvalue weighted by molar-refractivity contribution is 7.09. The van der Waals surface area contributed by atoms with Crippen molar-refractivity contribution in [3.05, 3.63) is 114 Å². The van der Waals surface area contributed by atoms with Crippen molar-refractivity contribution < 1.29 is 18.8 Å². The molecule has 178 valence electrons. The maximum Gasteiger partial charge on any atom is 0.364 e. The molecule has 0 bridgehead atoms. The molecular weight excluding hydrogens is 467 g/mol. The molecule has 4 rings (SSSR count). The number of nitrogens with one attached hydrogen (secondary N) is 1. The maximum absolute atomic E-state index is 12.6. The van der Waals surface area contributed by atoms with Crippen LogP contribution in [0.25, 0.3) is 0 Å². The summed E-state index contributed by atoms with van der Waals surface area (Å²) in [5.74, 6) is -0.821. The third-order valence-corrected chi connectivity index (χ3v) is 5.86. The van der Waals surface area contributed by atoms with Gasteiger partial charge in [0.05, 0.1) is 6.61 Å². The van der Waals surface area contributed by atoms with Gasteiger partial charge in [0.25, 0.3) is 6.86 Å². The minimum Gasteiger partial charge on any atom is -0.461 e. The number of hydrogen-bond donors (Lipinski definition) is 1. The van der Waals surface area contributed by atoms with E-state index in [1.807, 2.05) is 91.0 Å². The van der Waals surface area contributed by atoms with Gasteiger partial charge in [-0.15, -0.1) is 0 Å². The number of ether oxygens (including phenoxy) is 1. The number of alkyl halides is 1. The van der Waals surface area contributed by atoms with Gasteiger partial charge in [0, 0.05) is 11.5 Å². The first-order valence-corrected chi connectivity index (χ1v) is 11.7. The molecule has 0 aliphatic rings. The highest BCUT2D eigenvalue weighted by Gasteiger charge is 2.37. The number of anilines is 1. The fourth-order valence-corrected chi connectivity index (χ4v) is 4.40. The molecule has 7 nitrogen and oxygen atoms in total. The van der Waals surface area contributed by atoms with E-state index in [0.717, 1.165) is 28.2 Å². The minimum atomic E-state index is -1.20. The van der Waals surface area contributed by atoms with Crippen molar-refractivity contribution in [2.45, 2.75) is 12.5 Å². The Balaban J connectivity index is 1.84. The third-order valence-electron chi connectivity index (χ3n) is 5.23. The fourth-order valence-electron chi connectivity index (χ4n) is 3.77. The second kappa shape index (κ2) is 11.3. The summed E-state index contributed by atoms with van der Waals surface area (Å²) in [5.41, 5.74) is 1.81. The molecule has 1 heterocycles. The summed E-state index contributed by atoms with van der Waals surface area (Å²) in [6.07, 6.45) is 0. The molecule has 1 aromatic heterocycles. The topological polar surface area (TPSA) is 85.7 Å². The van der Waals surface area contributed by atoms with E-state index in [9.17, 15) is 9.18 Å². The lowest BCUT2D eigenvalue weighted by molar-refractivity contribution is -0.135. The lowest BCUT2D eigenvalue weighted by Crippen LogP contribution is -2.38. The maximum atomic E-state index is 12.6. The number of oxime groups is 1. The summed E-state index contributed by atoms with van der Waals surface area (Å²) in [6, 6.07) is 30.0. The smallest absolute Gasteiger partial charge is 0.364 e. The summed E-state index contributed by atoms with van der Waals surface area (Å²) in [5, 5.41) is 7.53. The van der Waals surface area contributed by atoms with Crippen molar-refractivity contribution in [1.82, 2.24) is 9.36 Å². The standard InChI is InChI=1S/C26H23FN4O3S/c1-2-33-24(32)22(30-34-18-27)23-28-25(35-31-23)29-26(19-12-6-3-7-13-19,20-14-8-4-9-15-20)21-16-10-5-11-17-21/h3-17H,2,18H2,1H3,(H,28,29,31). The van der Waals surface area contributed by atoms with Crippen molar-refractivity contribution in [3.63, 3.8) is 0 Å². The first-order valence-electron chi connectivity index (χ1n) is 10.9. The van der Waals surface area contributed by atoms with Crippen LogP contribution in [0.5, 0.6) is 0 Å². The zero-order valence-corrected chi connectivity index (χ0v) is 19.7. The summed E-state index contributed by atoms with van der Waals surface area (Å²) in [7, 11) is 0. The van der Waals surface area contributed by atoms with Gasteiger partial charge in [-0.1, -0.05) is 96.2 Å². The molecule has 0 saturated carbocycles. The lowest BCUT2D eigenvalue weighted by Gasteiger charge is -2.36. The molecule has 0 aliphatic carbocycles. The Morgan fingerprint density at radius 2 is 1.46 bits per heavy atom. The van der Waals surface area contributed by atoms with E-state index in [1.54, 1.807) is 6.92 Å². The molecule has 9 heteroatoms. The first-order chi connectivity index (χ1) is 17.2. The van der Waals surface area contributed by atoms with Crippen LogP contribution in [0.4, 0.5) is 9.52 Å². The van der Waals surface area contributed by atoms with Crippen LogP contribution in [0.3, 0.4) is 0 Å². The van der Waals surface area contributed by atoms with Gasteiger partial charge in [-0.2, -0.15) is 9.36 Å². The van der Waals surface area contributed by atoms with Gasteiger partial charge < -0.3 is 14.9 Å². The van der Waals surface area contributed by atoms with Crippen LogP contribution in [0.15, 0.2) is 96.2 Å². The molecule has 35 heavy (non-hydrogen) atoms. The Labute approximate surface area is 206 Å². The summed E-state index contributed by atoms with van der Waals surface area (Å²) in [6.45, 7) is 0.570.